The molecule has 0 aliphatic carbocycles. The monoisotopic (exact) mass is 398 g/mol. The first-order chi connectivity index (χ1) is 12.1. The first-order valence-electron chi connectivity index (χ1n) is 7.95. The average molecular weight is 399 g/mol. The number of amides is 1. The van der Waals surface area contributed by atoms with Crippen LogP contribution in [0.1, 0.15) is 35.3 Å². The maximum atomic E-state index is 13.3. The first-order valence-corrected chi connectivity index (χ1v) is 9.81. The molecule has 0 spiro atoms. The van der Waals surface area contributed by atoms with E-state index in [9.17, 15) is 17.6 Å². The van der Waals surface area contributed by atoms with Gasteiger partial charge < -0.3 is 5.32 Å². The van der Waals surface area contributed by atoms with Gasteiger partial charge in [0.1, 0.15) is 5.82 Å². The molecule has 2 aromatic carbocycles. The topological polar surface area (TPSA) is 75.3 Å². The molecule has 0 saturated carbocycles. The SMILES string of the molecule is Cc1cc(CNC(=O)c2cc(S(=O)(=O)NC(C)C)ccc2Cl)ccc1F. The van der Waals surface area contributed by atoms with Gasteiger partial charge in [-0.2, -0.15) is 0 Å². The quantitative estimate of drug-likeness (QED) is 0.783. The van der Waals surface area contributed by atoms with E-state index in [1.807, 2.05) is 0 Å². The van der Waals surface area contributed by atoms with Crippen LogP contribution in [0.2, 0.25) is 5.02 Å². The molecule has 26 heavy (non-hydrogen) atoms. The highest BCUT2D eigenvalue weighted by Gasteiger charge is 2.19. The molecule has 0 aliphatic rings. The van der Waals surface area contributed by atoms with Gasteiger partial charge in [0.2, 0.25) is 10.0 Å². The van der Waals surface area contributed by atoms with Crippen molar-refractivity contribution in [1.82, 2.24) is 10.0 Å². The number of benzene rings is 2. The number of sulfonamides is 1. The molecule has 0 fully saturated rings. The minimum atomic E-state index is -3.74. The largest absolute Gasteiger partial charge is 0.348 e. The lowest BCUT2D eigenvalue weighted by Gasteiger charge is -2.12. The Hall–Kier alpha value is -1.96. The van der Waals surface area contributed by atoms with Gasteiger partial charge in [0.05, 0.1) is 15.5 Å². The van der Waals surface area contributed by atoms with Crippen LogP contribution in [0.25, 0.3) is 0 Å². The second-order valence-electron chi connectivity index (χ2n) is 6.18. The van der Waals surface area contributed by atoms with Crippen LogP contribution in [-0.2, 0) is 16.6 Å². The molecule has 1 amide bonds. The number of hydrogen-bond donors (Lipinski definition) is 2. The van der Waals surface area contributed by atoms with Crippen molar-refractivity contribution in [3.05, 3.63) is 63.9 Å². The van der Waals surface area contributed by atoms with Crippen molar-refractivity contribution in [2.24, 2.45) is 0 Å². The van der Waals surface area contributed by atoms with E-state index in [1.54, 1.807) is 32.9 Å². The molecule has 0 bridgehead atoms. The van der Waals surface area contributed by atoms with Crippen LogP contribution in [0.3, 0.4) is 0 Å². The van der Waals surface area contributed by atoms with Crippen LogP contribution in [-0.4, -0.2) is 20.4 Å². The number of hydrogen-bond acceptors (Lipinski definition) is 3. The number of carbonyl (C=O) groups excluding carboxylic acids is 1. The van der Waals surface area contributed by atoms with Crippen molar-refractivity contribution in [3.63, 3.8) is 0 Å². The summed E-state index contributed by atoms with van der Waals surface area (Å²) in [5, 5.41) is 2.80. The van der Waals surface area contributed by atoms with E-state index in [4.69, 9.17) is 11.6 Å². The molecule has 2 rings (SSSR count). The Balaban J connectivity index is 2.20. The van der Waals surface area contributed by atoms with Crippen LogP contribution in [0.4, 0.5) is 4.39 Å². The zero-order chi connectivity index (χ0) is 19.5. The Labute approximate surface area is 157 Å². The third-order valence-electron chi connectivity index (χ3n) is 3.56. The molecule has 0 heterocycles. The van der Waals surface area contributed by atoms with Crippen LogP contribution < -0.4 is 10.0 Å². The highest BCUT2D eigenvalue weighted by Crippen LogP contribution is 2.21. The average Bonchev–Trinajstić information content (AvgIpc) is 2.54. The maximum absolute atomic E-state index is 13.3. The van der Waals surface area contributed by atoms with Crippen molar-refractivity contribution in [3.8, 4) is 0 Å². The highest BCUT2D eigenvalue weighted by atomic mass is 35.5. The second-order valence-corrected chi connectivity index (χ2v) is 8.31. The minimum Gasteiger partial charge on any atom is -0.348 e. The Morgan fingerprint density at radius 1 is 1.19 bits per heavy atom. The van der Waals surface area contributed by atoms with Gasteiger partial charge in [0.25, 0.3) is 5.91 Å². The normalized spacial score (nSPS) is 11.6. The van der Waals surface area contributed by atoms with Gasteiger partial charge >= 0.3 is 0 Å². The Morgan fingerprint density at radius 3 is 2.50 bits per heavy atom. The molecule has 8 heteroatoms. The fourth-order valence-corrected chi connectivity index (χ4v) is 3.80. The first kappa shape index (κ1) is 20.4. The summed E-state index contributed by atoms with van der Waals surface area (Å²) in [7, 11) is -3.74. The number of rotatable bonds is 6. The lowest BCUT2D eigenvalue weighted by Crippen LogP contribution is -2.30. The summed E-state index contributed by atoms with van der Waals surface area (Å²) in [5.41, 5.74) is 1.25. The summed E-state index contributed by atoms with van der Waals surface area (Å²) in [6.07, 6.45) is 0. The molecule has 0 aliphatic heterocycles. The van der Waals surface area contributed by atoms with Crippen molar-refractivity contribution in [1.29, 1.82) is 0 Å². The lowest BCUT2D eigenvalue weighted by atomic mass is 10.1. The third-order valence-corrected chi connectivity index (χ3v) is 5.54. The van der Waals surface area contributed by atoms with Crippen molar-refractivity contribution in [2.45, 2.75) is 38.3 Å². The summed E-state index contributed by atoms with van der Waals surface area (Å²) < 4.78 is 40.3. The Kier molecular flexibility index (Phi) is 6.39. The van der Waals surface area contributed by atoms with Gasteiger partial charge in [-0.05, 0) is 56.2 Å². The highest BCUT2D eigenvalue weighted by molar-refractivity contribution is 7.89. The minimum absolute atomic E-state index is 0.0432. The molecule has 0 unspecified atom stereocenters. The van der Waals surface area contributed by atoms with Crippen molar-refractivity contribution < 1.29 is 17.6 Å². The molecule has 0 aromatic heterocycles. The van der Waals surface area contributed by atoms with E-state index in [2.05, 4.69) is 10.0 Å². The van der Waals surface area contributed by atoms with Crippen LogP contribution in [0.5, 0.6) is 0 Å². The Morgan fingerprint density at radius 2 is 1.88 bits per heavy atom. The molecule has 2 N–H and O–H groups in total. The van der Waals surface area contributed by atoms with Crippen molar-refractivity contribution >= 4 is 27.5 Å². The number of nitrogens with one attached hydrogen (secondary N) is 2. The molecule has 0 atom stereocenters. The van der Waals surface area contributed by atoms with E-state index in [0.29, 0.717) is 5.56 Å². The zero-order valence-electron chi connectivity index (χ0n) is 14.6. The van der Waals surface area contributed by atoms with Crippen molar-refractivity contribution in [2.75, 3.05) is 0 Å². The van der Waals surface area contributed by atoms with Gasteiger partial charge in [0.15, 0.2) is 0 Å². The predicted octanol–water partition coefficient (Wildman–Crippen LogP) is 3.40. The Bertz CT molecular complexity index is 930. The maximum Gasteiger partial charge on any atom is 0.253 e. The molecule has 0 radical (unpaired) electrons. The zero-order valence-corrected chi connectivity index (χ0v) is 16.2. The predicted molar refractivity (Wildman–Crippen MR) is 99.2 cm³/mol. The second kappa shape index (κ2) is 8.16. The molecular formula is C18H20ClFN2O3S. The summed E-state index contributed by atoms with van der Waals surface area (Å²) in [6.45, 7) is 5.20. The molecular weight excluding hydrogens is 379 g/mol. The fraction of sp³-hybridized carbons (Fsp3) is 0.278. The summed E-state index contributed by atoms with van der Waals surface area (Å²) >= 11 is 6.05. The van der Waals surface area contributed by atoms with Crippen LogP contribution in [0, 0.1) is 12.7 Å². The fourth-order valence-electron chi connectivity index (χ4n) is 2.32. The summed E-state index contributed by atoms with van der Waals surface area (Å²) in [6, 6.07) is 8.19. The van der Waals surface area contributed by atoms with E-state index < -0.39 is 15.9 Å². The number of aryl methyl sites for hydroxylation is 1. The smallest absolute Gasteiger partial charge is 0.253 e. The molecule has 2 aromatic rings. The van der Waals surface area contributed by atoms with Gasteiger partial charge in [-0.15, -0.1) is 0 Å². The van der Waals surface area contributed by atoms with Crippen LogP contribution >= 0.6 is 11.6 Å². The van der Waals surface area contributed by atoms with Gasteiger partial charge in [0, 0.05) is 12.6 Å². The standard InChI is InChI=1S/C18H20ClFN2O3S/c1-11(2)22-26(24,25)14-5-6-16(19)15(9-14)18(23)21-10-13-4-7-17(20)12(3)8-13/h4-9,11,22H,10H2,1-3H3,(H,21,23). The van der Waals surface area contributed by atoms with Gasteiger partial charge in [-0.25, -0.2) is 17.5 Å². The molecule has 0 saturated heterocycles. The van der Waals surface area contributed by atoms with E-state index in [-0.39, 0.29) is 33.9 Å². The molecule has 140 valence electrons. The summed E-state index contributed by atoms with van der Waals surface area (Å²) in [5.74, 6) is -0.836. The van der Waals surface area contributed by atoms with Gasteiger partial charge in [-0.1, -0.05) is 23.7 Å². The lowest BCUT2D eigenvalue weighted by molar-refractivity contribution is 0.0951. The van der Waals surface area contributed by atoms with Crippen LogP contribution in [0.15, 0.2) is 41.3 Å². The third kappa shape index (κ3) is 5.03. The van der Waals surface area contributed by atoms with E-state index in [1.165, 1.54) is 24.3 Å². The number of carbonyl (C=O) groups is 1. The molecule has 5 nitrogen and oxygen atoms in total. The number of halogens is 2. The van der Waals surface area contributed by atoms with E-state index >= 15 is 0 Å². The van der Waals surface area contributed by atoms with E-state index in [0.717, 1.165) is 5.56 Å². The summed E-state index contributed by atoms with van der Waals surface area (Å²) in [4.78, 5) is 12.4. The van der Waals surface area contributed by atoms with Gasteiger partial charge in [-0.3, -0.25) is 4.79 Å².